The van der Waals surface area contributed by atoms with Gasteiger partial charge in [-0.2, -0.15) is 0 Å². The number of nitro benzene ring substituents is 1. The van der Waals surface area contributed by atoms with Crippen molar-refractivity contribution in [1.29, 1.82) is 0 Å². The Hall–Kier alpha value is -1.64. The number of hydrogen-bond acceptors (Lipinski definition) is 7. The van der Waals surface area contributed by atoms with Crippen molar-refractivity contribution in [2.75, 3.05) is 13.7 Å². The molecule has 0 saturated carbocycles. The topological polar surface area (TPSA) is 102 Å². The maximum Gasteiger partial charge on any atom is 0.326 e. The molecule has 98 valence electrons. The van der Waals surface area contributed by atoms with E-state index in [9.17, 15) is 14.9 Å². The zero-order valence-corrected chi connectivity index (χ0v) is 10.3. The fourth-order valence-electron chi connectivity index (χ4n) is 1.13. The minimum absolute atomic E-state index is 0.0726. The lowest BCUT2D eigenvalue weighted by Crippen LogP contribution is -2.36. The summed E-state index contributed by atoms with van der Waals surface area (Å²) in [7, 11) is 1.20. The van der Waals surface area contributed by atoms with Gasteiger partial charge in [0, 0.05) is 6.07 Å². The molecule has 0 bridgehead atoms. The Bertz CT molecular complexity index is 440. The number of rotatable bonds is 6. The van der Waals surface area contributed by atoms with Crippen LogP contribution >= 0.6 is 11.9 Å². The molecule has 2 N–H and O–H groups in total. The van der Waals surface area contributed by atoms with Crippen molar-refractivity contribution in [2.45, 2.75) is 10.9 Å². The summed E-state index contributed by atoms with van der Waals surface area (Å²) in [4.78, 5) is 21.8. The Balaban J connectivity index is 2.73. The predicted octanol–water partition coefficient (Wildman–Crippen LogP) is 0.725. The summed E-state index contributed by atoms with van der Waals surface area (Å²) in [6.45, 7) is -0.458. The van der Waals surface area contributed by atoms with Crippen molar-refractivity contribution >= 4 is 23.6 Å². The smallest absolute Gasteiger partial charge is 0.326 e. The fourth-order valence-corrected chi connectivity index (χ4v) is 1.96. The summed E-state index contributed by atoms with van der Waals surface area (Å²) in [6.07, 6.45) is 0. The van der Waals surface area contributed by atoms with E-state index in [0.717, 1.165) is 11.9 Å². The molecule has 18 heavy (non-hydrogen) atoms. The molecule has 0 aliphatic carbocycles. The van der Waals surface area contributed by atoms with Gasteiger partial charge in [0.1, 0.15) is 10.9 Å². The number of aliphatic hydroxyl groups excluding tert-OH is 1. The molecule has 8 heteroatoms. The average Bonchev–Trinajstić information content (AvgIpc) is 2.39. The quantitative estimate of drug-likeness (QED) is 0.340. The first-order valence-electron chi connectivity index (χ1n) is 4.94. The number of nitrogens with zero attached hydrogens (tertiary/aromatic N) is 1. The zero-order chi connectivity index (χ0) is 13.5. The van der Waals surface area contributed by atoms with Crippen LogP contribution in [0, 0.1) is 10.1 Å². The Morgan fingerprint density at radius 3 is 2.83 bits per heavy atom. The van der Waals surface area contributed by atoms with Crippen LogP contribution in [0.4, 0.5) is 5.69 Å². The van der Waals surface area contributed by atoms with Crippen LogP contribution in [0.1, 0.15) is 0 Å². The number of hydrogen-bond donors (Lipinski definition) is 2. The Labute approximate surface area is 107 Å². The number of carbonyl (C=O) groups excluding carboxylic acids is 1. The first kappa shape index (κ1) is 14.4. The summed E-state index contributed by atoms with van der Waals surface area (Å²) in [5.74, 6) is -0.636. The second kappa shape index (κ2) is 6.94. The lowest BCUT2D eigenvalue weighted by molar-refractivity contribution is -0.387. The molecule has 0 saturated heterocycles. The number of aliphatic hydroxyl groups is 1. The number of esters is 1. The zero-order valence-electron chi connectivity index (χ0n) is 9.53. The van der Waals surface area contributed by atoms with E-state index in [4.69, 9.17) is 5.11 Å². The molecule has 0 fully saturated rings. The molecular weight excluding hydrogens is 260 g/mol. The molecule has 1 rings (SSSR count). The van der Waals surface area contributed by atoms with Crippen LogP contribution in [0.3, 0.4) is 0 Å². The Morgan fingerprint density at radius 1 is 1.61 bits per heavy atom. The SMILES string of the molecule is COC(=O)C(CO)NSc1ccccc1[N+](=O)[O-]. The summed E-state index contributed by atoms with van der Waals surface area (Å²) in [5.41, 5.74) is -0.0726. The molecule has 7 nitrogen and oxygen atoms in total. The van der Waals surface area contributed by atoms with E-state index in [2.05, 4.69) is 9.46 Å². The number of methoxy groups -OCH3 is 1. The highest BCUT2D eigenvalue weighted by Crippen LogP contribution is 2.26. The van der Waals surface area contributed by atoms with Crippen molar-refractivity contribution in [3.63, 3.8) is 0 Å². The molecule has 0 heterocycles. The number of ether oxygens (including phenoxy) is 1. The molecule has 1 atom stereocenters. The van der Waals surface area contributed by atoms with E-state index in [1.165, 1.54) is 13.2 Å². The third kappa shape index (κ3) is 3.69. The van der Waals surface area contributed by atoms with Crippen molar-refractivity contribution in [3.05, 3.63) is 34.4 Å². The molecule has 0 spiro atoms. The van der Waals surface area contributed by atoms with E-state index >= 15 is 0 Å². The second-order valence-corrected chi connectivity index (χ2v) is 4.08. The normalized spacial score (nSPS) is 11.9. The first-order valence-corrected chi connectivity index (χ1v) is 5.76. The van der Waals surface area contributed by atoms with Crippen LogP contribution in [0.2, 0.25) is 0 Å². The minimum atomic E-state index is -0.931. The highest BCUT2D eigenvalue weighted by Gasteiger charge is 2.20. The molecule has 1 aromatic carbocycles. The molecule has 1 aromatic rings. The number of benzene rings is 1. The van der Waals surface area contributed by atoms with E-state index in [-0.39, 0.29) is 5.69 Å². The molecular formula is C10H12N2O5S. The molecule has 0 aromatic heterocycles. The average molecular weight is 272 g/mol. The standard InChI is InChI=1S/C10H12N2O5S/c1-17-10(14)7(6-13)11-18-9-5-3-2-4-8(9)12(15)16/h2-5,7,11,13H,6H2,1H3. The van der Waals surface area contributed by atoms with Crippen molar-refractivity contribution in [1.82, 2.24) is 4.72 Å². The summed E-state index contributed by atoms with van der Waals surface area (Å²) in [5, 5.41) is 19.7. The van der Waals surface area contributed by atoms with E-state index in [0.29, 0.717) is 4.90 Å². The summed E-state index contributed by atoms with van der Waals surface area (Å²) in [6, 6.07) is 5.16. The number of nitro groups is 1. The molecule has 1 unspecified atom stereocenters. The van der Waals surface area contributed by atoms with Gasteiger partial charge in [-0.15, -0.1) is 0 Å². The molecule has 0 radical (unpaired) electrons. The predicted molar refractivity (Wildman–Crippen MR) is 65.0 cm³/mol. The Kier molecular flexibility index (Phi) is 5.56. The van der Waals surface area contributed by atoms with Crippen LogP contribution in [0.15, 0.2) is 29.2 Å². The maximum absolute atomic E-state index is 11.2. The van der Waals surface area contributed by atoms with Gasteiger partial charge >= 0.3 is 5.97 Å². The third-order valence-corrected chi connectivity index (χ3v) is 3.01. The van der Waals surface area contributed by atoms with Gasteiger partial charge in [-0.3, -0.25) is 14.9 Å². The highest BCUT2D eigenvalue weighted by atomic mass is 32.2. The summed E-state index contributed by atoms with van der Waals surface area (Å²) < 4.78 is 7.08. The van der Waals surface area contributed by atoms with Crippen molar-refractivity contribution in [2.24, 2.45) is 0 Å². The van der Waals surface area contributed by atoms with Gasteiger partial charge in [-0.05, 0) is 18.0 Å². The van der Waals surface area contributed by atoms with Crippen LogP contribution in [-0.4, -0.2) is 35.8 Å². The highest BCUT2D eigenvalue weighted by molar-refractivity contribution is 7.97. The molecule has 0 amide bonds. The van der Waals surface area contributed by atoms with Gasteiger partial charge in [0.25, 0.3) is 5.69 Å². The third-order valence-electron chi connectivity index (χ3n) is 2.04. The van der Waals surface area contributed by atoms with Crippen LogP contribution in [-0.2, 0) is 9.53 Å². The number of carbonyl (C=O) groups is 1. The minimum Gasteiger partial charge on any atom is -0.468 e. The largest absolute Gasteiger partial charge is 0.468 e. The number of nitrogens with one attached hydrogen (secondary N) is 1. The number of para-hydroxylation sites is 1. The van der Waals surface area contributed by atoms with Crippen molar-refractivity contribution in [3.8, 4) is 0 Å². The maximum atomic E-state index is 11.2. The second-order valence-electron chi connectivity index (χ2n) is 3.20. The first-order chi connectivity index (χ1) is 8.60. The van der Waals surface area contributed by atoms with E-state index < -0.39 is 23.5 Å². The monoisotopic (exact) mass is 272 g/mol. The lowest BCUT2D eigenvalue weighted by atomic mass is 10.3. The fraction of sp³-hybridized carbons (Fsp3) is 0.300. The van der Waals surface area contributed by atoms with Crippen molar-refractivity contribution < 1.29 is 19.6 Å². The molecule has 0 aliphatic heterocycles. The van der Waals surface area contributed by atoms with Gasteiger partial charge in [-0.1, -0.05) is 12.1 Å². The lowest BCUT2D eigenvalue weighted by Gasteiger charge is -2.12. The van der Waals surface area contributed by atoms with Gasteiger partial charge < -0.3 is 9.84 Å². The molecule has 0 aliphatic rings. The summed E-state index contributed by atoms with van der Waals surface area (Å²) >= 11 is 0.899. The van der Waals surface area contributed by atoms with Crippen LogP contribution in [0.5, 0.6) is 0 Å². The van der Waals surface area contributed by atoms with E-state index in [1.54, 1.807) is 18.2 Å². The van der Waals surface area contributed by atoms with Gasteiger partial charge in [0.2, 0.25) is 0 Å². The van der Waals surface area contributed by atoms with Crippen LogP contribution in [0.25, 0.3) is 0 Å². The van der Waals surface area contributed by atoms with E-state index in [1.807, 2.05) is 0 Å². The van der Waals surface area contributed by atoms with Gasteiger partial charge in [0.05, 0.1) is 18.6 Å². The van der Waals surface area contributed by atoms with Gasteiger partial charge in [0.15, 0.2) is 0 Å². The Morgan fingerprint density at radius 2 is 2.28 bits per heavy atom. The van der Waals surface area contributed by atoms with Gasteiger partial charge in [-0.25, -0.2) is 4.72 Å². The van der Waals surface area contributed by atoms with Crippen LogP contribution < -0.4 is 4.72 Å².